The van der Waals surface area contributed by atoms with Crippen LogP contribution in [0.15, 0.2) is 91.0 Å². The summed E-state index contributed by atoms with van der Waals surface area (Å²) in [6.07, 6.45) is 5.40. The molecule has 0 spiro atoms. The van der Waals surface area contributed by atoms with Gasteiger partial charge in [-0.1, -0.05) is 91.7 Å². The second kappa shape index (κ2) is 12.7. The highest BCUT2D eigenvalue weighted by Gasteiger charge is 2.34. The number of benzene rings is 3. The van der Waals surface area contributed by atoms with E-state index in [0.717, 1.165) is 47.4 Å². The molecule has 1 aliphatic rings. The number of hydrogen-bond acceptors (Lipinski definition) is 4. The van der Waals surface area contributed by atoms with Crippen LogP contribution in [0.3, 0.4) is 0 Å². The Morgan fingerprint density at radius 3 is 1.92 bits per heavy atom. The number of anilines is 1. The molecule has 1 N–H and O–H groups in total. The Bertz CT molecular complexity index is 1300. The van der Waals surface area contributed by atoms with E-state index in [1.807, 2.05) is 60.7 Å². The van der Waals surface area contributed by atoms with Gasteiger partial charge >= 0.3 is 0 Å². The van der Waals surface area contributed by atoms with Gasteiger partial charge in [0.15, 0.2) is 0 Å². The number of para-hydroxylation sites is 1. The van der Waals surface area contributed by atoms with Gasteiger partial charge in [-0.2, -0.15) is 0 Å². The van der Waals surface area contributed by atoms with Gasteiger partial charge in [0, 0.05) is 19.0 Å². The number of nitrogens with zero attached hydrogens (tertiary/aromatic N) is 2. The van der Waals surface area contributed by atoms with Crippen LogP contribution in [0, 0.1) is 0 Å². The van der Waals surface area contributed by atoms with Gasteiger partial charge in [-0.3, -0.25) is 13.9 Å². The maximum absolute atomic E-state index is 14.0. The minimum absolute atomic E-state index is 0.0892. The molecule has 8 heteroatoms. The molecule has 3 aromatic carbocycles. The number of sulfonamides is 1. The summed E-state index contributed by atoms with van der Waals surface area (Å²) in [5.74, 6) is -0.652. The highest BCUT2D eigenvalue weighted by Crippen LogP contribution is 2.22. The molecule has 1 fully saturated rings. The van der Waals surface area contributed by atoms with Crippen molar-refractivity contribution < 1.29 is 18.0 Å². The lowest BCUT2D eigenvalue weighted by atomic mass is 10.0. The molecular formula is C30H35N3O4S. The first-order valence-corrected chi connectivity index (χ1v) is 14.9. The fourth-order valence-electron chi connectivity index (χ4n) is 4.91. The largest absolute Gasteiger partial charge is 0.352 e. The molecule has 0 saturated heterocycles. The smallest absolute Gasteiger partial charge is 0.244 e. The third-order valence-corrected chi connectivity index (χ3v) is 8.03. The molecule has 0 aromatic heterocycles. The lowest BCUT2D eigenvalue weighted by molar-refractivity contribution is -0.140. The predicted octanol–water partition coefficient (Wildman–Crippen LogP) is 4.15. The van der Waals surface area contributed by atoms with E-state index in [1.54, 1.807) is 30.3 Å². The number of carbonyl (C=O) groups is 2. The third-order valence-electron chi connectivity index (χ3n) is 6.89. The van der Waals surface area contributed by atoms with Crippen molar-refractivity contribution in [3.63, 3.8) is 0 Å². The Labute approximate surface area is 225 Å². The van der Waals surface area contributed by atoms with E-state index < -0.39 is 28.5 Å². The van der Waals surface area contributed by atoms with E-state index in [0.29, 0.717) is 12.1 Å². The van der Waals surface area contributed by atoms with Gasteiger partial charge in [0.2, 0.25) is 21.8 Å². The van der Waals surface area contributed by atoms with Crippen LogP contribution in [0.1, 0.15) is 36.8 Å². The molecule has 0 aliphatic heterocycles. The Balaban J connectivity index is 1.69. The normalized spacial score (nSPS) is 14.6. The number of amides is 2. The first-order valence-electron chi connectivity index (χ1n) is 13.0. The number of carbonyl (C=O) groups excluding carboxylic acids is 2. The number of hydrogen-bond donors (Lipinski definition) is 1. The van der Waals surface area contributed by atoms with E-state index in [1.165, 1.54) is 4.90 Å². The summed E-state index contributed by atoms with van der Waals surface area (Å²) in [5, 5.41) is 3.17. The summed E-state index contributed by atoms with van der Waals surface area (Å²) in [6, 6.07) is 26.9. The molecule has 7 nitrogen and oxygen atoms in total. The molecule has 1 atom stereocenters. The topological polar surface area (TPSA) is 86.8 Å². The Morgan fingerprint density at radius 1 is 0.842 bits per heavy atom. The molecule has 4 rings (SSSR count). The van der Waals surface area contributed by atoms with Gasteiger partial charge in [0.05, 0.1) is 11.9 Å². The molecule has 0 heterocycles. The second-order valence-corrected chi connectivity index (χ2v) is 11.7. The van der Waals surface area contributed by atoms with Crippen LogP contribution in [0.4, 0.5) is 5.69 Å². The van der Waals surface area contributed by atoms with Crippen molar-refractivity contribution in [2.24, 2.45) is 0 Å². The van der Waals surface area contributed by atoms with Crippen molar-refractivity contribution in [1.29, 1.82) is 0 Å². The van der Waals surface area contributed by atoms with Crippen LogP contribution < -0.4 is 9.62 Å². The van der Waals surface area contributed by atoms with Crippen molar-refractivity contribution in [2.75, 3.05) is 17.1 Å². The monoisotopic (exact) mass is 533 g/mol. The predicted molar refractivity (Wildman–Crippen MR) is 150 cm³/mol. The molecule has 0 unspecified atom stereocenters. The van der Waals surface area contributed by atoms with E-state index >= 15 is 0 Å². The average molecular weight is 534 g/mol. The Kier molecular flexibility index (Phi) is 9.18. The molecule has 38 heavy (non-hydrogen) atoms. The highest BCUT2D eigenvalue weighted by atomic mass is 32.2. The quantitative estimate of drug-likeness (QED) is 0.401. The molecule has 1 saturated carbocycles. The Hall–Kier alpha value is -3.65. The fourth-order valence-corrected chi connectivity index (χ4v) is 5.76. The van der Waals surface area contributed by atoms with Crippen LogP contribution in [-0.4, -0.2) is 50.0 Å². The molecule has 0 radical (unpaired) electrons. The minimum atomic E-state index is -3.76. The summed E-state index contributed by atoms with van der Waals surface area (Å²) >= 11 is 0. The summed E-state index contributed by atoms with van der Waals surface area (Å²) in [5.41, 5.74) is 2.18. The van der Waals surface area contributed by atoms with Gasteiger partial charge in [0.1, 0.15) is 12.6 Å². The van der Waals surface area contributed by atoms with Crippen molar-refractivity contribution >= 4 is 27.5 Å². The summed E-state index contributed by atoms with van der Waals surface area (Å²) in [7, 11) is -3.76. The molecular weight excluding hydrogens is 498 g/mol. The summed E-state index contributed by atoms with van der Waals surface area (Å²) in [6.45, 7) is -0.223. The van der Waals surface area contributed by atoms with E-state index in [-0.39, 0.29) is 18.5 Å². The zero-order valence-corrected chi connectivity index (χ0v) is 22.5. The van der Waals surface area contributed by atoms with E-state index in [9.17, 15) is 18.0 Å². The van der Waals surface area contributed by atoms with Crippen LogP contribution >= 0.6 is 0 Å². The van der Waals surface area contributed by atoms with Crippen LogP contribution in [0.5, 0.6) is 0 Å². The zero-order valence-electron chi connectivity index (χ0n) is 21.7. The molecule has 3 aromatic rings. The summed E-state index contributed by atoms with van der Waals surface area (Å²) in [4.78, 5) is 29.3. The van der Waals surface area contributed by atoms with Crippen molar-refractivity contribution in [3.8, 4) is 0 Å². The summed E-state index contributed by atoms with van der Waals surface area (Å²) < 4.78 is 26.6. The first-order chi connectivity index (χ1) is 18.3. The second-order valence-electron chi connectivity index (χ2n) is 9.81. The molecule has 1 aliphatic carbocycles. The van der Waals surface area contributed by atoms with Gasteiger partial charge < -0.3 is 10.2 Å². The third kappa shape index (κ3) is 7.44. The van der Waals surface area contributed by atoms with Gasteiger partial charge in [0.25, 0.3) is 0 Å². The number of rotatable bonds is 11. The van der Waals surface area contributed by atoms with Crippen LogP contribution in [0.2, 0.25) is 0 Å². The lowest BCUT2D eigenvalue weighted by Crippen LogP contribution is -2.54. The SMILES string of the molecule is CS(=O)(=O)N(CC(=O)N(Cc1ccccc1)[C@@H](Cc1ccccc1)C(=O)NC1CCCC1)c1ccccc1. The average Bonchev–Trinajstić information content (AvgIpc) is 3.43. The molecule has 0 bridgehead atoms. The fraction of sp³-hybridized carbons (Fsp3) is 0.333. The van der Waals surface area contributed by atoms with Gasteiger partial charge in [-0.05, 0) is 36.1 Å². The lowest BCUT2D eigenvalue weighted by Gasteiger charge is -2.34. The molecule has 200 valence electrons. The number of nitrogens with one attached hydrogen (secondary N) is 1. The first kappa shape index (κ1) is 27.4. The van der Waals surface area contributed by atoms with Gasteiger partial charge in [-0.15, -0.1) is 0 Å². The van der Waals surface area contributed by atoms with Crippen molar-refractivity contribution in [1.82, 2.24) is 10.2 Å². The van der Waals surface area contributed by atoms with Crippen LogP contribution in [-0.2, 0) is 32.6 Å². The highest BCUT2D eigenvalue weighted by molar-refractivity contribution is 7.92. The zero-order chi connectivity index (χ0) is 27.0. The standard InChI is InChI=1S/C30H35N3O4S/c1-38(36,37)33(27-19-9-4-10-20-27)23-29(34)32(22-25-15-7-3-8-16-25)28(21-24-13-5-2-6-14-24)30(35)31-26-17-11-12-18-26/h2-10,13-16,19-20,26,28H,11-12,17-18,21-23H2,1H3,(H,31,35)/t28-/m0/s1. The van der Waals surface area contributed by atoms with E-state index in [4.69, 9.17) is 0 Å². The Morgan fingerprint density at radius 2 is 1.37 bits per heavy atom. The van der Waals surface area contributed by atoms with Gasteiger partial charge in [-0.25, -0.2) is 8.42 Å². The maximum Gasteiger partial charge on any atom is 0.244 e. The van der Waals surface area contributed by atoms with Crippen LogP contribution in [0.25, 0.3) is 0 Å². The van der Waals surface area contributed by atoms with Crippen molar-refractivity contribution in [3.05, 3.63) is 102 Å². The molecule has 2 amide bonds. The minimum Gasteiger partial charge on any atom is -0.352 e. The van der Waals surface area contributed by atoms with E-state index in [2.05, 4.69) is 5.32 Å². The van der Waals surface area contributed by atoms with Crippen molar-refractivity contribution in [2.45, 2.75) is 50.7 Å². The maximum atomic E-state index is 14.0.